The largest absolute Gasteiger partial charge is 0.465 e. The third-order valence-electron chi connectivity index (χ3n) is 2.45. The molecule has 0 aromatic heterocycles. The Kier molecular flexibility index (Phi) is 5.09. The van der Waals surface area contributed by atoms with Crippen LogP contribution in [0.2, 0.25) is 0 Å². The number of hydrogen-bond acceptors (Lipinski definition) is 3. The second-order valence-electron chi connectivity index (χ2n) is 3.86. The molecule has 3 nitrogen and oxygen atoms in total. The van der Waals surface area contributed by atoms with Crippen LogP contribution in [0.15, 0.2) is 30.3 Å². The third kappa shape index (κ3) is 4.39. The second kappa shape index (κ2) is 6.36. The van der Waals surface area contributed by atoms with E-state index in [1.807, 2.05) is 0 Å². The van der Waals surface area contributed by atoms with Crippen molar-refractivity contribution in [2.45, 2.75) is 19.5 Å². The zero-order valence-electron chi connectivity index (χ0n) is 10.2. The van der Waals surface area contributed by atoms with Crippen molar-refractivity contribution in [1.29, 1.82) is 0 Å². The Hall–Kier alpha value is -1.85. The van der Waals surface area contributed by atoms with Crippen molar-refractivity contribution < 1.29 is 27.5 Å². The van der Waals surface area contributed by atoms with E-state index in [4.69, 9.17) is 0 Å². The number of esters is 1. The molecule has 0 amide bonds. The highest BCUT2D eigenvalue weighted by Gasteiger charge is 2.46. The molecule has 0 unspecified atom stereocenters. The van der Waals surface area contributed by atoms with Gasteiger partial charge in [0.25, 0.3) is 5.78 Å². The number of carbonyl (C=O) groups is 2. The van der Waals surface area contributed by atoms with Crippen molar-refractivity contribution >= 4 is 11.8 Å². The van der Waals surface area contributed by atoms with Crippen molar-refractivity contribution in [3.05, 3.63) is 35.9 Å². The molecule has 1 atom stereocenters. The second-order valence-corrected chi connectivity index (χ2v) is 3.86. The SMILES string of the molecule is CCOC(=O)[C@H](Cc1ccccc1)C(=O)C(F)(F)F. The molecule has 0 fully saturated rings. The van der Waals surface area contributed by atoms with Crippen molar-refractivity contribution in [1.82, 2.24) is 0 Å². The van der Waals surface area contributed by atoms with Gasteiger partial charge in [-0.3, -0.25) is 9.59 Å². The summed E-state index contributed by atoms with van der Waals surface area (Å²) in [7, 11) is 0. The summed E-state index contributed by atoms with van der Waals surface area (Å²) in [6, 6.07) is 8.03. The van der Waals surface area contributed by atoms with Gasteiger partial charge in [0.15, 0.2) is 0 Å². The monoisotopic (exact) mass is 274 g/mol. The van der Waals surface area contributed by atoms with Gasteiger partial charge in [-0.05, 0) is 18.9 Å². The van der Waals surface area contributed by atoms with Crippen LogP contribution in [0.5, 0.6) is 0 Å². The molecular weight excluding hydrogens is 261 g/mol. The summed E-state index contributed by atoms with van der Waals surface area (Å²) in [5.41, 5.74) is 0.471. The molecule has 0 N–H and O–H groups in total. The van der Waals surface area contributed by atoms with Crippen LogP contribution in [0.1, 0.15) is 12.5 Å². The first-order valence-electron chi connectivity index (χ1n) is 5.67. The lowest BCUT2D eigenvalue weighted by molar-refractivity contribution is -0.180. The van der Waals surface area contributed by atoms with Gasteiger partial charge in [0.2, 0.25) is 0 Å². The lowest BCUT2D eigenvalue weighted by atomic mass is 9.95. The minimum atomic E-state index is -5.05. The van der Waals surface area contributed by atoms with Gasteiger partial charge in [0.1, 0.15) is 5.92 Å². The molecule has 0 heterocycles. The van der Waals surface area contributed by atoms with Crippen LogP contribution >= 0.6 is 0 Å². The van der Waals surface area contributed by atoms with E-state index >= 15 is 0 Å². The van der Waals surface area contributed by atoms with Crippen LogP contribution in [-0.4, -0.2) is 24.5 Å². The molecule has 1 aromatic carbocycles. The third-order valence-corrected chi connectivity index (χ3v) is 2.45. The van der Waals surface area contributed by atoms with Crippen molar-refractivity contribution in [3.63, 3.8) is 0 Å². The van der Waals surface area contributed by atoms with Gasteiger partial charge >= 0.3 is 12.1 Å². The predicted molar refractivity (Wildman–Crippen MR) is 61.3 cm³/mol. The maximum atomic E-state index is 12.4. The Morgan fingerprint density at radius 1 is 1.21 bits per heavy atom. The Labute approximate surface area is 108 Å². The highest BCUT2D eigenvalue weighted by molar-refractivity contribution is 6.02. The van der Waals surface area contributed by atoms with Gasteiger partial charge in [-0.2, -0.15) is 13.2 Å². The van der Waals surface area contributed by atoms with E-state index in [0.717, 1.165) is 0 Å². The first kappa shape index (κ1) is 15.2. The van der Waals surface area contributed by atoms with Crippen LogP contribution in [0, 0.1) is 5.92 Å². The zero-order chi connectivity index (χ0) is 14.5. The number of benzene rings is 1. The molecule has 104 valence electrons. The average molecular weight is 274 g/mol. The number of carbonyl (C=O) groups excluding carboxylic acids is 2. The molecule has 0 spiro atoms. The molecule has 6 heteroatoms. The van der Waals surface area contributed by atoms with E-state index in [2.05, 4.69) is 4.74 Å². The van der Waals surface area contributed by atoms with Crippen molar-refractivity contribution in [3.8, 4) is 0 Å². The van der Waals surface area contributed by atoms with E-state index in [-0.39, 0.29) is 13.0 Å². The van der Waals surface area contributed by atoms with Gasteiger partial charge < -0.3 is 4.74 Å². The van der Waals surface area contributed by atoms with Gasteiger partial charge in [-0.25, -0.2) is 0 Å². The number of ether oxygens (including phenoxy) is 1. The molecule has 19 heavy (non-hydrogen) atoms. The smallest absolute Gasteiger partial charge is 0.450 e. The molecule has 0 bridgehead atoms. The van der Waals surface area contributed by atoms with Gasteiger partial charge in [0, 0.05) is 0 Å². The number of halogens is 3. The van der Waals surface area contributed by atoms with Crippen molar-refractivity contribution in [2.75, 3.05) is 6.61 Å². The fourth-order valence-corrected chi connectivity index (χ4v) is 1.57. The topological polar surface area (TPSA) is 43.4 Å². The molecule has 0 aliphatic rings. The summed E-state index contributed by atoms with van der Waals surface area (Å²) in [6.45, 7) is 1.39. The molecule has 0 radical (unpaired) electrons. The van der Waals surface area contributed by atoms with Gasteiger partial charge in [-0.1, -0.05) is 30.3 Å². The number of Topliss-reactive ketones (excluding diaryl/α,β-unsaturated/α-hetero) is 1. The highest BCUT2D eigenvalue weighted by Crippen LogP contribution is 2.24. The minimum Gasteiger partial charge on any atom is -0.465 e. The maximum absolute atomic E-state index is 12.4. The van der Waals surface area contributed by atoms with E-state index < -0.39 is 23.8 Å². The lowest BCUT2D eigenvalue weighted by Gasteiger charge is -2.16. The molecule has 0 aliphatic heterocycles. The fraction of sp³-hybridized carbons (Fsp3) is 0.385. The van der Waals surface area contributed by atoms with Crippen LogP contribution in [0.25, 0.3) is 0 Å². The summed E-state index contributed by atoms with van der Waals surface area (Å²) in [6.07, 6.45) is -5.37. The Morgan fingerprint density at radius 3 is 2.26 bits per heavy atom. The summed E-state index contributed by atoms with van der Waals surface area (Å²) < 4.78 is 41.9. The predicted octanol–water partition coefficient (Wildman–Crippen LogP) is 2.54. The highest BCUT2D eigenvalue weighted by atomic mass is 19.4. The molecule has 0 aliphatic carbocycles. The summed E-state index contributed by atoms with van der Waals surface area (Å²) in [4.78, 5) is 22.8. The molecule has 1 aromatic rings. The first-order chi connectivity index (χ1) is 8.86. The van der Waals surface area contributed by atoms with Crippen LogP contribution in [-0.2, 0) is 20.7 Å². The van der Waals surface area contributed by atoms with E-state index in [1.54, 1.807) is 30.3 Å². The van der Waals surface area contributed by atoms with Gasteiger partial charge in [-0.15, -0.1) is 0 Å². The van der Waals surface area contributed by atoms with Gasteiger partial charge in [0.05, 0.1) is 6.61 Å². The molecule has 0 saturated carbocycles. The number of ketones is 1. The Bertz CT molecular complexity index is 440. The normalized spacial score (nSPS) is 12.8. The molecular formula is C13H13F3O3. The van der Waals surface area contributed by atoms with Crippen LogP contribution in [0.4, 0.5) is 13.2 Å². The summed E-state index contributed by atoms with van der Waals surface area (Å²) in [5.74, 6) is -5.06. The van der Waals surface area contributed by atoms with Crippen LogP contribution < -0.4 is 0 Å². The Balaban J connectivity index is 2.93. The first-order valence-corrected chi connectivity index (χ1v) is 5.67. The number of rotatable bonds is 5. The maximum Gasteiger partial charge on any atom is 0.450 e. The quantitative estimate of drug-likeness (QED) is 0.612. The number of hydrogen-bond donors (Lipinski definition) is 0. The van der Waals surface area contributed by atoms with Crippen LogP contribution in [0.3, 0.4) is 0 Å². The molecule has 0 saturated heterocycles. The molecule has 1 rings (SSSR count). The van der Waals surface area contributed by atoms with E-state index in [9.17, 15) is 22.8 Å². The Morgan fingerprint density at radius 2 is 1.79 bits per heavy atom. The average Bonchev–Trinajstić information content (AvgIpc) is 2.35. The number of alkyl halides is 3. The minimum absolute atomic E-state index is 0.0741. The standard InChI is InChI=1S/C13H13F3O3/c1-2-19-12(18)10(11(17)13(14,15)16)8-9-6-4-3-5-7-9/h3-7,10H,2,8H2,1H3/t10-/m1/s1. The summed E-state index contributed by atoms with van der Waals surface area (Å²) in [5, 5.41) is 0. The fourth-order valence-electron chi connectivity index (χ4n) is 1.57. The van der Waals surface area contributed by atoms with E-state index in [0.29, 0.717) is 5.56 Å². The lowest BCUT2D eigenvalue weighted by Crippen LogP contribution is -2.37. The van der Waals surface area contributed by atoms with Crippen molar-refractivity contribution in [2.24, 2.45) is 5.92 Å². The summed E-state index contributed by atoms with van der Waals surface area (Å²) >= 11 is 0. The zero-order valence-corrected chi connectivity index (χ0v) is 10.2. The van der Waals surface area contributed by atoms with E-state index in [1.165, 1.54) is 6.92 Å².